The van der Waals surface area contributed by atoms with E-state index in [0.29, 0.717) is 0 Å². The van der Waals surface area contributed by atoms with Gasteiger partial charge in [-0.1, -0.05) is 39.8 Å². The van der Waals surface area contributed by atoms with Crippen LogP contribution in [0.2, 0.25) is 0 Å². The van der Waals surface area contributed by atoms with Gasteiger partial charge in [0.15, 0.2) is 5.78 Å². The van der Waals surface area contributed by atoms with E-state index in [1.54, 1.807) is 6.92 Å². The molecule has 1 aromatic carbocycles. The summed E-state index contributed by atoms with van der Waals surface area (Å²) in [6.07, 6.45) is 2.34. The molecule has 19 heavy (non-hydrogen) atoms. The molecule has 0 aromatic heterocycles. The van der Waals surface area contributed by atoms with E-state index >= 15 is 0 Å². The first-order valence-electron chi connectivity index (χ1n) is 6.98. The normalized spacial score (nSPS) is 21.6. The second-order valence-electron chi connectivity index (χ2n) is 7.01. The fraction of sp³-hybridized carbons (Fsp3) is 0.588. The summed E-state index contributed by atoms with van der Waals surface area (Å²) >= 11 is 5.92. The molecular formula is C17H23ClO. The van der Waals surface area contributed by atoms with Crippen molar-refractivity contribution in [1.29, 1.82) is 0 Å². The zero-order valence-electron chi connectivity index (χ0n) is 12.5. The predicted molar refractivity (Wildman–Crippen MR) is 81.4 cm³/mol. The minimum absolute atomic E-state index is 0.0173. The van der Waals surface area contributed by atoms with Gasteiger partial charge in [0.1, 0.15) is 0 Å². The molecule has 0 bridgehead atoms. The Bertz CT molecular complexity index is 512. The molecule has 1 nitrogen and oxygen atoms in total. The number of rotatable bonds is 2. The van der Waals surface area contributed by atoms with Crippen LogP contribution in [0.15, 0.2) is 18.2 Å². The lowest BCUT2D eigenvalue weighted by atomic mass is 9.63. The van der Waals surface area contributed by atoms with Crippen LogP contribution in [-0.4, -0.2) is 11.2 Å². The first-order valence-corrected chi connectivity index (χ1v) is 7.42. The van der Waals surface area contributed by atoms with Crippen molar-refractivity contribution in [1.82, 2.24) is 0 Å². The molecule has 0 amide bonds. The molecule has 2 heteroatoms. The van der Waals surface area contributed by atoms with Gasteiger partial charge in [0, 0.05) is 5.56 Å². The number of carbonyl (C=O) groups is 1. The molecule has 104 valence electrons. The number of alkyl halides is 1. The molecule has 0 aliphatic heterocycles. The largest absolute Gasteiger partial charge is 0.293 e. The van der Waals surface area contributed by atoms with Gasteiger partial charge < -0.3 is 0 Å². The van der Waals surface area contributed by atoms with Crippen LogP contribution in [0, 0.1) is 0 Å². The van der Waals surface area contributed by atoms with Crippen LogP contribution in [0.3, 0.4) is 0 Å². The molecule has 2 rings (SSSR count). The highest BCUT2D eigenvalue weighted by molar-refractivity contribution is 6.33. The highest BCUT2D eigenvalue weighted by atomic mass is 35.5. The van der Waals surface area contributed by atoms with Crippen molar-refractivity contribution in [3.05, 3.63) is 34.9 Å². The van der Waals surface area contributed by atoms with Crippen molar-refractivity contribution >= 4 is 17.4 Å². The third-order valence-electron chi connectivity index (χ3n) is 4.50. The third kappa shape index (κ3) is 2.58. The molecule has 1 aliphatic rings. The van der Waals surface area contributed by atoms with E-state index in [1.165, 1.54) is 17.5 Å². The molecule has 0 saturated heterocycles. The second-order valence-corrected chi connectivity index (χ2v) is 7.66. The van der Waals surface area contributed by atoms with Gasteiger partial charge in [0.2, 0.25) is 0 Å². The minimum Gasteiger partial charge on any atom is -0.293 e. The summed E-state index contributed by atoms with van der Waals surface area (Å²) < 4.78 is 0. The first kappa shape index (κ1) is 14.6. The highest BCUT2D eigenvalue weighted by Crippen LogP contribution is 2.45. The summed E-state index contributed by atoms with van der Waals surface area (Å²) in [4.78, 5) is 12.1. The van der Waals surface area contributed by atoms with Gasteiger partial charge in [-0.15, -0.1) is 11.6 Å². The van der Waals surface area contributed by atoms with Gasteiger partial charge in [-0.3, -0.25) is 4.79 Å². The van der Waals surface area contributed by atoms with E-state index in [2.05, 4.69) is 39.8 Å². The van der Waals surface area contributed by atoms with Gasteiger partial charge in [0.25, 0.3) is 0 Å². The van der Waals surface area contributed by atoms with Crippen molar-refractivity contribution in [2.75, 3.05) is 0 Å². The van der Waals surface area contributed by atoms with Gasteiger partial charge >= 0.3 is 0 Å². The molecule has 0 spiro atoms. The lowest BCUT2D eigenvalue weighted by Gasteiger charge is -2.42. The molecule has 1 unspecified atom stereocenters. The van der Waals surface area contributed by atoms with Gasteiger partial charge in [-0.05, 0) is 47.8 Å². The third-order valence-corrected chi connectivity index (χ3v) is 4.70. The Morgan fingerprint density at radius 2 is 1.63 bits per heavy atom. The number of benzene rings is 1. The zero-order chi connectivity index (χ0) is 14.4. The number of Topliss-reactive ketones (excluding diaryl/α,β-unsaturated/α-hetero) is 1. The second kappa shape index (κ2) is 4.63. The molecule has 1 aromatic rings. The van der Waals surface area contributed by atoms with E-state index < -0.39 is 5.38 Å². The zero-order valence-corrected chi connectivity index (χ0v) is 13.3. The average Bonchev–Trinajstić information content (AvgIpc) is 2.33. The molecular weight excluding hydrogens is 256 g/mol. The van der Waals surface area contributed by atoms with Crippen LogP contribution in [0.4, 0.5) is 0 Å². The number of hydrogen-bond acceptors (Lipinski definition) is 1. The SMILES string of the molecule is CC(Cl)C(=O)c1ccc2c(c1)C(C)(C)CCC2(C)C. The molecule has 0 fully saturated rings. The van der Waals surface area contributed by atoms with Crippen molar-refractivity contribution in [2.24, 2.45) is 0 Å². The number of carbonyl (C=O) groups excluding carboxylic acids is 1. The smallest absolute Gasteiger partial charge is 0.180 e. The highest BCUT2D eigenvalue weighted by Gasteiger charge is 2.37. The Labute approximate surface area is 121 Å². The maximum Gasteiger partial charge on any atom is 0.180 e. The predicted octanol–water partition coefficient (Wildman–Crippen LogP) is 4.85. The number of ketones is 1. The number of fused-ring (bicyclic) bond motifs is 1. The summed E-state index contributed by atoms with van der Waals surface area (Å²) in [5.41, 5.74) is 3.76. The van der Waals surface area contributed by atoms with Crippen LogP contribution in [0.25, 0.3) is 0 Å². The van der Waals surface area contributed by atoms with E-state index in [0.717, 1.165) is 12.0 Å². The molecule has 0 heterocycles. The van der Waals surface area contributed by atoms with Crippen molar-refractivity contribution < 1.29 is 4.79 Å². The Morgan fingerprint density at radius 1 is 1.11 bits per heavy atom. The lowest BCUT2D eigenvalue weighted by Crippen LogP contribution is -2.34. The maximum atomic E-state index is 12.1. The van der Waals surface area contributed by atoms with Crippen LogP contribution in [-0.2, 0) is 10.8 Å². The molecule has 0 saturated carbocycles. The van der Waals surface area contributed by atoms with Crippen LogP contribution < -0.4 is 0 Å². The maximum absolute atomic E-state index is 12.1. The van der Waals surface area contributed by atoms with E-state index in [4.69, 9.17) is 11.6 Å². The van der Waals surface area contributed by atoms with Crippen molar-refractivity contribution in [3.63, 3.8) is 0 Å². The fourth-order valence-electron chi connectivity index (χ4n) is 2.97. The standard InChI is InChI=1S/C17H23ClO/c1-11(18)15(19)12-6-7-13-14(10-12)17(4,5)9-8-16(13,2)3/h6-7,10-11H,8-9H2,1-5H3. The molecule has 1 aliphatic carbocycles. The van der Waals surface area contributed by atoms with Gasteiger partial charge in [-0.2, -0.15) is 0 Å². The Balaban J connectivity index is 2.57. The van der Waals surface area contributed by atoms with Crippen molar-refractivity contribution in [3.8, 4) is 0 Å². The summed E-state index contributed by atoms with van der Waals surface area (Å²) in [5, 5.41) is -0.460. The topological polar surface area (TPSA) is 17.1 Å². The van der Waals surface area contributed by atoms with Crippen LogP contribution >= 0.6 is 11.6 Å². The number of hydrogen-bond donors (Lipinski definition) is 0. The van der Waals surface area contributed by atoms with Gasteiger partial charge in [-0.25, -0.2) is 0 Å². The lowest BCUT2D eigenvalue weighted by molar-refractivity contribution is 0.0991. The summed E-state index contributed by atoms with van der Waals surface area (Å²) in [7, 11) is 0. The Morgan fingerprint density at radius 3 is 2.16 bits per heavy atom. The molecule has 1 atom stereocenters. The molecule has 0 radical (unpaired) electrons. The monoisotopic (exact) mass is 278 g/mol. The summed E-state index contributed by atoms with van der Waals surface area (Å²) in [6, 6.07) is 6.13. The van der Waals surface area contributed by atoms with Crippen LogP contribution in [0.5, 0.6) is 0 Å². The number of halogens is 1. The van der Waals surface area contributed by atoms with Gasteiger partial charge in [0.05, 0.1) is 5.38 Å². The fourth-order valence-corrected chi connectivity index (χ4v) is 3.10. The Kier molecular flexibility index (Phi) is 3.55. The minimum atomic E-state index is -0.460. The van der Waals surface area contributed by atoms with Crippen LogP contribution in [0.1, 0.15) is 68.9 Å². The summed E-state index contributed by atoms with van der Waals surface area (Å²) in [5.74, 6) is 0.0173. The average molecular weight is 279 g/mol. The van der Waals surface area contributed by atoms with Crippen molar-refractivity contribution in [2.45, 2.75) is 63.7 Å². The first-order chi connectivity index (χ1) is 8.65. The summed E-state index contributed by atoms with van der Waals surface area (Å²) in [6.45, 7) is 10.8. The Hall–Kier alpha value is -0.820. The van der Waals surface area contributed by atoms with E-state index in [-0.39, 0.29) is 16.6 Å². The quantitative estimate of drug-likeness (QED) is 0.558. The molecule has 0 N–H and O–H groups in total. The van der Waals surface area contributed by atoms with E-state index in [1.807, 2.05) is 6.07 Å². The van der Waals surface area contributed by atoms with E-state index in [9.17, 15) is 4.79 Å².